The lowest BCUT2D eigenvalue weighted by Crippen LogP contribution is -2.29. The summed E-state index contributed by atoms with van der Waals surface area (Å²) in [4.78, 5) is 13.1. The van der Waals surface area contributed by atoms with E-state index in [2.05, 4.69) is 9.59 Å². The van der Waals surface area contributed by atoms with Crippen molar-refractivity contribution in [1.29, 1.82) is 0 Å². The Morgan fingerprint density at radius 2 is 2.50 bits per heavy atom. The van der Waals surface area contributed by atoms with Crippen LogP contribution in [0.3, 0.4) is 0 Å². The molecule has 0 fully saturated rings. The minimum absolute atomic E-state index is 0.153. The molecule has 1 rings (SSSR count). The lowest BCUT2D eigenvalue weighted by Gasteiger charge is -2.16. The van der Waals surface area contributed by atoms with E-state index < -0.39 is 0 Å². The number of carbonyl (C=O) groups is 1. The molecule has 0 bridgehead atoms. The third-order valence-electron chi connectivity index (χ3n) is 1.81. The molecule has 0 aliphatic rings. The molecule has 1 atom stereocenters. The van der Waals surface area contributed by atoms with Crippen LogP contribution in [0.5, 0.6) is 0 Å². The average Bonchev–Trinajstić information content (AvgIpc) is 2.65. The zero-order chi connectivity index (χ0) is 10.6. The van der Waals surface area contributed by atoms with Gasteiger partial charge in [0.25, 0.3) is 5.91 Å². The van der Waals surface area contributed by atoms with Gasteiger partial charge in [-0.2, -0.15) is 0 Å². The van der Waals surface area contributed by atoms with Gasteiger partial charge in [0.15, 0.2) is 5.69 Å². The van der Waals surface area contributed by atoms with Crippen LogP contribution in [0.2, 0.25) is 0 Å². The van der Waals surface area contributed by atoms with E-state index in [1.54, 1.807) is 19.4 Å². The number of hydrogen-bond acceptors (Lipinski definition) is 5. The lowest BCUT2D eigenvalue weighted by molar-refractivity contribution is 0.0763. The Balaban J connectivity index is 2.45. The molecule has 1 heterocycles. The van der Waals surface area contributed by atoms with Crippen LogP contribution in [0.1, 0.15) is 23.8 Å². The number of aromatic nitrogens is 2. The maximum Gasteiger partial charge on any atom is 0.275 e. The molecule has 1 amide bonds. The molecule has 1 aromatic heterocycles. The molecule has 1 N–H and O–H groups in total. The van der Waals surface area contributed by atoms with Crippen molar-refractivity contribution in [2.24, 2.45) is 0 Å². The number of nitrogens with zero attached hydrogens (tertiary/aromatic N) is 3. The van der Waals surface area contributed by atoms with E-state index in [4.69, 9.17) is 5.11 Å². The first-order chi connectivity index (χ1) is 6.61. The quantitative estimate of drug-likeness (QED) is 0.788. The number of aliphatic hydroxyl groups excluding tert-OH is 1. The van der Waals surface area contributed by atoms with E-state index in [9.17, 15) is 4.79 Å². The summed E-state index contributed by atoms with van der Waals surface area (Å²) in [6.45, 7) is 2.22. The second kappa shape index (κ2) is 5.02. The fourth-order valence-corrected chi connectivity index (χ4v) is 1.37. The van der Waals surface area contributed by atoms with E-state index in [1.807, 2.05) is 0 Å². The molecule has 0 aromatic carbocycles. The Hall–Kier alpha value is -1.01. The van der Waals surface area contributed by atoms with E-state index >= 15 is 0 Å². The van der Waals surface area contributed by atoms with Crippen LogP contribution in [0.15, 0.2) is 5.38 Å². The summed E-state index contributed by atoms with van der Waals surface area (Å²) in [7, 11) is 1.68. The van der Waals surface area contributed by atoms with Gasteiger partial charge < -0.3 is 10.0 Å². The van der Waals surface area contributed by atoms with E-state index in [1.165, 1.54) is 4.90 Å². The van der Waals surface area contributed by atoms with Gasteiger partial charge in [0.05, 0.1) is 6.10 Å². The highest BCUT2D eigenvalue weighted by atomic mass is 32.1. The topological polar surface area (TPSA) is 66.3 Å². The zero-order valence-electron chi connectivity index (χ0n) is 8.17. The van der Waals surface area contributed by atoms with Gasteiger partial charge in [-0.3, -0.25) is 4.79 Å². The van der Waals surface area contributed by atoms with Crippen molar-refractivity contribution in [1.82, 2.24) is 14.5 Å². The van der Waals surface area contributed by atoms with Gasteiger partial charge in [0, 0.05) is 19.0 Å². The van der Waals surface area contributed by atoms with Crippen molar-refractivity contribution in [3.63, 3.8) is 0 Å². The summed E-state index contributed by atoms with van der Waals surface area (Å²) in [6.07, 6.45) is 0.179. The molecule has 0 aliphatic carbocycles. The molecule has 0 saturated carbocycles. The monoisotopic (exact) mass is 215 g/mol. The summed E-state index contributed by atoms with van der Waals surface area (Å²) < 4.78 is 3.62. The van der Waals surface area contributed by atoms with Crippen LogP contribution in [0, 0.1) is 0 Å². The minimum atomic E-state index is -0.390. The highest BCUT2D eigenvalue weighted by Crippen LogP contribution is 2.03. The molecule has 5 nitrogen and oxygen atoms in total. The van der Waals surface area contributed by atoms with Crippen LogP contribution >= 0.6 is 11.5 Å². The van der Waals surface area contributed by atoms with Crippen LogP contribution in [0.4, 0.5) is 0 Å². The molecule has 0 aliphatic heterocycles. The Labute approximate surface area is 86.5 Å². The van der Waals surface area contributed by atoms with Gasteiger partial charge in [-0.25, -0.2) is 0 Å². The third-order valence-corrected chi connectivity index (χ3v) is 2.31. The lowest BCUT2D eigenvalue weighted by atomic mass is 10.2. The van der Waals surface area contributed by atoms with Crippen LogP contribution < -0.4 is 0 Å². The third kappa shape index (κ3) is 3.04. The molecule has 0 saturated heterocycles. The normalized spacial score (nSPS) is 12.5. The standard InChI is InChI=1S/C8H13N3O2S/c1-6(12)3-4-11(2)8(13)7-5-14-10-9-7/h5-6,12H,3-4H2,1-2H3. The highest BCUT2D eigenvalue weighted by Gasteiger charge is 2.14. The molecule has 14 heavy (non-hydrogen) atoms. The minimum Gasteiger partial charge on any atom is -0.393 e. The Bertz CT molecular complexity index is 287. The number of amides is 1. The van der Waals surface area contributed by atoms with Gasteiger partial charge >= 0.3 is 0 Å². The SMILES string of the molecule is CC(O)CCN(C)C(=O)c1csnn1. The average molecular weight is 215 g/mol. The summed E-state index contributed by atoms with van der Waals surface area (Å²) in [5.41, 5.74) is 0.364. The Morgan fingerprint density at radius 3 is 3.00 bits per heavy atom. The first-order valence-corrected chi connectivity index (χ1v) is 5.15. The molecule has 1 unspecified atom stereocenters. The summed E-state index contributed by atoms with van der Waals surface area (Å²) in [5.74, 6) is -0.153. The van der Waals surface area contributed by atoms with Crippen molar-refractivity contribution < 1.29 is 9.90 Å². The number of rotatable bonds is 4. The fourth-order valence-electron chi connectivity index (χ4n) is 0.935. The van der Waals surface area contributed by atoms with Gasteiger partial charge in [-0.15, -0.1) is 5.10 Å². The fraction of sp³-hybridized carbons (Fsp3) is 0.625. The first-order valence-electron chi connectivity index (χ1n) is 4.32. The molecular formula is C8H13N3O2S. The number of aliphatic hydroxyl groups is 1. The molecular weight excluding hydrogens is 202 g/mol. The Morgan fingerprint density at radius 1 is 1.79 bits per heavy atom. The molecule has 78 valence electrons. The number of hydrogen-bond donors (Lipinski definition) is 1. The van der Waals surface area contributed by atoms with Crippen molar-refractivity contribution in [3.8, 4) is 0 Å². The van der Waals surface area contributed by atoms with Crippen LogP contribution in [0.25, 0.3) is 0 Å². The summed E-state index contributed by atoms with van der Waals surface area (Å²) in [6, 6.07) is 0. The smallest absolute Gasteiger partial charge is 0.275 e. The second-order valence-corrected chi connectivity index (χ2v) is 3.76. The summed E-state index contributed by atoms with van der Waals surface area (Å²) >= 11 is 1.15. The Kier molecular flexibility index (Phi) is 3.97. The maximum atomic E-state index is 11.6. The predicted molar refractivity (Wildman–Crippen MR) is 53.2 cm³/mol. The van der Waals surface area contributed by atoms with E-state index in [0.717, 1.165) is 11.5 Å². The summed E-state index contributed by atoms with van der Waals surface area (Å²) in [5, 5.41) is 14.3. The second-order valence-electron chi connectivity index (χ2n) is 3.15. The van der Waals surface area contributed by atoms with Gasteiger partial charge in [0.1, 0.15) is 0 Å². The van der Waals surface area contributed by atoms with Crippen LogP contribution in [-0.2, 0) is 0 Å². The first kappa shape index (κ1) is 11.1. The molecule has 6 heteroatoms. The van der Waals surface area contributed by atoms with E-state index in [0.29, 0.717) is 18.7 Å². The molecule has 1 aromatic rings. The molecule has 0 radical (unpaired) electrons. The molecule has 0 spiro atoms. The predicted octanol–water partition coefficient (Wildman–Crippen LogP) is 0.381. The van der Waals surface area contributed by atoms with Crippen molar-refractivity contribution in [3.05, 3.63) is 11.1 Å². The van der Waals surface area contributed by atoms with Crippen molar-refractivity contribution in [2.45, 2.75) is 19.4 Å². The number of carbonyl (C=O) groups excluding carboxylic acids is 1. The van der Waals surface area contributed by atoms with Crippen molar-refractivity contribution in [2.75, 3.05) is 13.6 Å². The van der Waals surface area contributed by atoms with Crippen LogP contribution in [-0.4, -0.2) is 45.2 Å². The van der Waals surface area contributed by atoms with E-state index in [-0.39, 0.29) is 12.0 Å². The maximum absolute atomic E-state index is 11.6. The van der Waals surface area contributed by atoms with Gasteiger partial charge in [-0.1, -0.05) is 4.49 Å². The zero-order valence-corrected chi connectivity index (χ0v) is 8.99. The highest BCUT2D eigenvalue weighted by molar-refractivity contribution is 7.03. The largest absolute Gasteiger partial charge is 0.393 e. The van der Waals surface area contributed by atoms with Crippen molar-refractivity contribution >= 4 is 17.4 Å². The van der Waals surface area contributed by atoms with Gasteiger partial charge in [-0.05, 0) is 24.9 Å². The van der Waals surface area contributed by atoms with Gasteiger partial charge in [0.2, 0.25) is 0 Å².